The molecule has 0 saturated heterocycles. The number of nitrogens with one attached hydrogen (secondary N) is 1. The standard InChI is InChI=1S/C13H18N6OS/c1-7(2)9-6-10(15-12(14-9)19(4)5)11(20)16-13-18-17-8(3)21-13/h6-7H,1-5H3,(H,16,18,20). The minimum atomic E-state index is -0.307. The molecule has 0 radical (unpaired) electrons. The molecule has 0 unspecified atom stereocenters. The molecule has 0 aliphatic heterocycles. The average molecular weight is 306 g/mol. The summed E-state index contributed by atoms with van der Waals surface area (Å²) in [5.41, 5.74) is 1.15. The smallest absolute Gasteiger partial charge is 0.276 e. The van der Waals surface area contributed by atoms with Crippen molar-refractivity contribution in [3.63, 3.8) is 0 Å². The van der Waals surface area contributed by atoms with Gasteiger partial charge in [-0.05, 0) is 18.9 Å². The molecule has 0 fully saturated rings. The van der Waals surface area contributed by atoms with Crippen molar-refractivity contribution >= 4 is 28.3 Å². The van der Waals surface area contributed by atoms with Gasteiger partial charge < -0.3 is 4.90 Å². The second-order valence-corrected chi connectivity index (χ2v) is 6.29. The van der Waals surface area contributed by atoms with Crippen LogP contribution in [0.5, 0.6) is 0 Å². The molecule has 0 saturated carbocycles. The maximum atomic E-state index is 12.3. The monoisotopic (exact) mass is 306 g/mol. The number of hydrogen-bond acceptors (Lipinski definition) is 7. The summed E-state index contributed by atoms with van der Waals surface area (Å²) < 4.78 is 0. The summed E-state index contributed by atoms with van der Waals surface area (Å²) in [5, 5.41) is 11.7. The first kappa shape index (κ1) is 15.3. The van der Waals surface area contributed by atoms with Gasteiger partial charge in [0.2, 0.25) is 11.1 Å². The molecule has 0 atom stereocenters. The van der Waals surface area contributed by atoms with Crippen LogP contribution in [-0.2, 0) is 0 Å². The number of aromatic nitrogens is 4. The summed E-state index contributed by atoms with van der Waals surface area (Å²) in [5.74, 6) is 0.417. The fourth-order valence-electron chi connectivity index (χ4n) is 1.57. The van der Waals surface area contributed by atoms with E-state index in [4.69, 9.17) is 0 Å². The van der Waals surface area contributed by atoms with Crippen molar-refractivity contribution in [2.45, 2.75) is 26.7 Å². The summed E-state index contributed by atoms with van der Waals surface area (Å²) in [6.45, 7) is 5.88. The van der Waals surface area contributed by atoms with Crippen LogP contribution < -0.4 is 10.2 Å². The molecule has 8 heteroatoms. The highest BCUT2D eigenvalue weighted by atomic mass is 32.1. The Morgan fingerprint density at radius 1 is 1.29 bits per heavy atom. The van der Waals surface area contributed by atoms with Gasteiger partial charge in [0.25, 0.3) is 5.91 Å². The van der Waals surface area contributed by atoms with Gasteiger partial charge in [0.05, 0.1) is 0 Å². The van der Waals surface area contributed by atoms with Crippen molar-refractivity contribution < 1.29 is 4.79 Å². The molecule has 2 heterocycles. The van der Waals surface area contributed by atoms with E-state index in [1.165, 1.54) is 11.3 Å². The topological polar surface area (TPSA) is 83.9 Å². The summed E-state index contributed by atoms with van der Waals surface area (Å²) in [4.78, 5) is 22.8. The van der Waals surface area contributed by atoms with Gasteiger partial charge >= 0.3 is 0 Å². The van der Waals surface area contributed by atoms with Gasteiger partial charge in [-0.25, -0.2) is 9.97 Å². The van der Waals surface area contributed by atoms with E-state index in [0.29, 0.717) is 16.8 Å². The van der Waals surface area contributed by atoms with Gasteiger partial charge in [0.15, 0.2) is 0 Å². The lowest BCUT2D eigenvalue weighted by atomic mass is 10.1. The lowest BCUT2D eigenvalue weighted by Crippen LogP contribution is -2.19. The number of amides is 1. The molecule has 2 rings (SSSR count). The van der Waals surface area contributed by atoms with Crippen LogP contribution in [0.1, 0.15) is 41.0 Å². The third kappa shape index (κ3) is 3.72. The van der Waals surface area contributed by atoms with Crippen LogP contribution in [0, 0.1) is 6.92 Å². The highest BCUT2D eigenvalue weighted by Gasteiger charge is 2.16. The van der Waals surface area contributed by atoms with E-state index in [9.17, 15) is 4.79 Å². The number of carbonyl (C=O) groups excluding carboxylic acids is 1. The van der Waals surface area contributed by atoms with Crippen molar-refractivity contribution in [3.05, 3.63) is 22.5 Å². The molecule has 1 N–H and O–H groups in total. The SMILES string of the molecule is Cc1nnc(NC(=O)c2cc(C(C)C)nc(N(C)C)n2)s1. The van der Waals surface area contributed by atoms with Crippen LogP contribution in [-0.4, -0.2) is 40.2 Å². The Labute approximate surface area is 127 Å². The minimum Gasteiger partial charge on any atom is -0.347 e. The van der Waals surface area contributed by atoms with Gasteiger partial charge in [-0.15, -0.1) is 10.2 Å². The van der Waals surface area contributed by atoms with E-state index in [0.717, 1.165) is 10.7 Å². The molecule has 112 valence electrons. The summed E-state index contributed by atoms with van der Waals surface area (Å²) in [7, 11) is 3.68. The Kier molecular flexibility index (Phi) is 4.46. The summed E-state index contributed by atoms with van der Waals surface area (Å²) in [6, 6.07) is 1.71. The van der Waals surface area contributed by atoms with E-state index < -0.39 is 0 Å². The molecule has 0 aliphatic carbocycles. The molecule has 2 aromatic heterocycles. The highest BCUT2D eigenvalue weighted by molar-refractivity contribution is 7.15. The van der Waals surface area contributed by atoms with Crippen LogP contribution in [0.15, 0.2) is 6.07 Å². The summed E-state index contributed by atoms with van der Waals surface area (Å²) in [6.07, 6.45) is 0. The highest BCUT2D eigenvalue weighted by Crippen LogP contribution is 2.18. The number of carbonyl (C=O) groups is 1. The fraction of sp³-hybridized carbons (Fsp3) is 0.462. The first-order valence-electron chi connectivity index (χ1n) is 6.54. The fourth-order valence-corrected chi connectivity index (χ4v) is 2.16. The van der Waals surface area contributed by atoms with Gasteiger partial charge in [0.1, 0.15) is 10.7 Å². The number of anilines is 2. The zero-order valence-corrected chi connectivity index (χ0v) is 13.5. The van der Waals surface area contributed by atoms with Crippen LogP contribution in [0.4, 0.5) is 11.1 Å². The first-order chi connectivity index (χ1) is 9.86. The zero-order chi connectivity index (χ0) is 15.6. The Bertz CT molecular complexity index is 626. The molecule has 0 spiro atoms. The molecule has 7 nitrogen and oxygen atoms in total. The molecule has 1 amide bonds. The Morgan fingerprint density at radius 3 is 2.52 bits per heavy atom. The number of aryl methyl sites for hydroxylation is 1. The van der Waals surface area contributed by atoms with E-state index >= 15 is 0 Å². The molecule has 0 aliphatic rings. The average Bonchev–Trinajstić information content (AvgIpc) is 2.83. The van der Waals surface area contributed by atoms with Crippen LogP contribution in [0.25, 0.3) is 0 Å². The van der Waals surface area contributed by atoms with Gasteiger partial charge in [-0.3, -0.25) is 10.1 Å². The van der Waals surface area contributed by atoms with Gasteiger partial charge in [-0.2, -0.15) is 0 Å². The third-order valence-electron chi connectivity index (χ3n) is 2.70. The Morgan fingerprint density at radius 2 is 2.00 bits per heavy atom. The van der Waals surface area contributed by atoms with Crippen molar-refractivity contribution in [1.29, 1.82) is 0 Å². The number of nitrogens with zero attached hydrogens (tertiary/aromatic N) is 5. The zero-order valence-electron chi connectivity index (χ0n) is 12.7. The van der Waals surface area contributed by atoms with E-state index in [-0.39, 0.29) is 11.8 Å². The maximum Gasteiger partial charge on any atom is 0.276 e. The van der Waals surface area contributed by atoms with Crippen LogP contribution >= 0.6 is 11.3 Å². The third-order valence-corrected chi connectivity index (χ3v) is 3.46. The first-order valence-corrected chi connectivity index (χ1v) is 7.36. The predicted octanol–water partition coefficient (Wildman–Crippen LogP) is 2.08. The van der Waals surface area contributed by atoms with Gasteiger partial charge in [0, 0.05) is 19.8 Å². The molecular weight excluding hydrogens is 288 g/mol. The van der Waals surface area contributed by atoms with Crippen molar-refractivity contribution in [1.82, 2.24) is 20.2 Å². The predicted molar refractivity (Wildman–Crippen MR) is 83.0 cm³/mol. The van der Waals surface area contributed by atoms with E-state index in [1.807, 2.05) is 34.9 Å². The number of rotatable bonds is 4. The minimum absolute atomic E-state index is 0.210. The molecule has 0 bridgehead atoms. The van der Waals surface area contributed by atoms with E-state index in [1.54, 1.807) is 11.0 Å². The molecular formula is C13H18N6OS. The lowest BCUT2D eigenvalue weighted by molar-refractivity contribution is 0.102. The number of hydrogen-bond donors (Lipinski definition) is 1. The molecule has 21 heavy (non-hydrogen) atoms. The van der Waals surface area contributed by atoms with Crippen LogP contribution in [0.2, 0.25) is 0 Å². The maximum absolute atomic E-state index is 12.3. The Hall–Kier alpha value is -2.09. The normalized spacial score (nSPS) is 10.8. The van der Waals surface area contributed by atoms with E-state index in [2.05, 4.69) is 25.5 Å². The molecule has 2 aromatic rings. The van der Waals surface area contributed by atoms with Crippen molar-refractivity contribution in [2.75, 3.05) is 24.3 Å². The largest absolute Gasteiger partial charge is 0.347 e. The quantitative estimate of drug-likeness (QED) is 0.931. The van der Waals surface area contributed by atoms with Crippen LogP contribution in [0.3, 0.4) is 0 Å². The lowest BCUT2D eigenvalue weighted by Gasteiger charge is -2.14. The second-order valence-electron chi connectivity index (χ2n) is 5.11. The van der Waals surface area contributed by atoms with Crippen molar-refractivity contribution in [3.8, 4) is 0 Å². The summed E-state index contributed by atoms with van der Waals surface area (Å²) >= 11 is 1.32. The second kappa shape index (κ2) is 6.13. The Balaban J connectivity index is 2.31. The molecule has 0 aromatic carbocycles. The van der Waals surface area contributed by atoms with Crippen molar-refractivity contribution in [2.24, 2.45) is 0 Å². The van der Waals surface area contributed by atoms with Gasteiger partial charge in [-0.1, -0.05) is 25.2 Å².